The van der Waals surface area contributed by atoms with Gasteiger partial charge in [0, 0.05) is 42.8 Å². The highest BCUT2D eigenvalue weighted by molar-refractivity contribution is 6.35. The second-order valence-corrected chi connectivity index (χ2v) is 8.71. The lowest BCUT2D eigenvalue weighted by atomic mass is 10.1. The predicted molar refractivity (Wildman–Crippen MR) is 134 cm³/mol. The van der Waals surface area contributed by atoms with Gasteiger partial charge in [-0.15, -0.1) is 0 Å². The zero-order valence-corrected chi connectivity index (χ0v) is 20.6. The van der Waals surface area contributed by atoms with Gasteiger partial charge in [0.15, 0.2) is 6.10 Å². The van der Waals surface area contributed by atoms with E-state index in [1.165, 1.54) is 0 Å². The van der Waals surface area contributed by atoms with Crippen molar-refractivity contribution in [3.8, 4) is 22.8 Å². The maximum atomic E-state index is 12.9. The van der Waals surface area contributed by atoms with E-state index < -0.39 is 6.10 Å². The number of nitrogens with zero attached hydrogens (tertiary/aromatic N) is 4. The van der Waals surface area contributed by atoms with Crippen LogP contribution in [0, 0.1) is 0 Å². The van der Waals surface area contributed by atoms with Crippen molar-refractivity contribution >= 4 is 34.9 Å². The van der Waals surface area contributed by atoms with Crippen molar-refractivity contribution in [2.75, 3.05) is 37.7 Å². The minimum absolute atomic E-state index is 0.0802. The lowest BCUT2D eigenvalue weighted by molar-refractivity contribution is -0.138. The molecular weight excluding hydrogens is 475 g/mol. The van der Waals surface area contributed by atoms with Gasteiger partial charge in [-0.1, -0.05) is 23.2 Å². The number of hydrogen-bond donors (Lipinski definition) is 0. The number of aromatic nitrogens is 2. The smallest absolute Gasteiger partial charge is 0.263 e. The molecule has 2 heterocycles. The molecule has 1 atom stereocenters. The van der Waals surface area contributed by atoms with E-state index in [1.54, 1.807) is 36.4 Å². The molecule has 178 valence electrons. The summed E-state index contributed by atoms with van der Waals surface area (Å²) in [6.07, 6.45) is 0.917. The highest BCUT2D eigenvalue weighted by Crippen LogP contribution is 2.29. The minimum Gasteiger partial charge on any atom is -0.494 e. The average Bonchev–Trinajstić information content (AvgIpc) is 2.86. The van der Waals surface area contributed by atoms with Gasteiger partial charge in [0.1, 0.15) is 23.6 Å². The Hall–Kier alpha value is -3.03. The number of amides is 1. The molecule has 1 saturated heterocycles. The first-order chi connectivity index (χ1) is 16.4. The van der Waals surface area contributed by atoms with E-state index >= 15 is 0 Å². The predicted octanol–water partition coefficient (Wildman–Crippen LogP) is 4.97. The summed E-state index contributed by atoms with van der Waals surface area (Å²) in [5.74, 6) is 2.03. The van der Waals surface area contributed by atoms with Crippen molar-refractivity contribution in [1.82, 2.24) is 14.9 Å². The van der Waals surface area contributed by atoms with E-state index in [1.807, 2.05) is 37.3 Å². The van der Waals surface area contributed by atoms with Gasteiger partial charge in [0.25, 0.3) is 5.91 Å². The third kappa shape index (κ3) is 5.72. The fourth-order valence-electron chi connectivity index (χ4n) is 3.79. The summed E-state index contributed by atoms with van der Waals surface area (Å²) in [5.41, 5.74) is 1.83. The largest absolute Gasteiger partial charge is 0.494 e. The molecule has 1 aliphatic heterocycles. The number of anilines is 1. The Bertz CT molecular complexity index is 1140. The molecule has 0 radical (unpaired) electrons. The number of hydrogen-bond acceptors (Lipinski definition) is 6. The van der Waals surface area contributed by atoms with Gasteiger partial charge in [-0.3, -0.25) is 4.79 Å². The average molecular weight is 501 g/mol. The Kier molecular flexibility index (Phi) is 7.75. The van der Waals surface area contributed by atoms with Crippen LogP contribution in [-0.4, -0.2) is 59.7 Å². The highest BCUT2D eigenvalue weighted by Gasteiger charge is 2.27. The van der Waals surface area contributed by atoms with Crippen molar-refractivity contribution in [3.05, 3.63) is 64.9 Å². The lowest BCUT2D eigenvalue weighted by Gasteiger charge is -2.36. The maximum Gasteiger partial charge on any atom is 0.263 e. The normalized spacial score (nSPS) is 14.6. The van der Waals surface area contributed by atoms with Gasteiger partial charge in [0.2, 0.25) is 0 Å². The molecule has 1 aromatic heterocycles. The van der Waals surface area contributed by atoms with Gasteiger partial charge in [0.05, 0.1) is 17.3 Å². The summed E-state index contributed by atoms with van der Waals surface area (Å²) in [6.45, 7) is 6.80. The number of halogens is 2. The molecule has 1 unspecified atom stereocenters. The van der Waals surface area contributed by atoms with Crippen LogP contribution in [-0.2, 0) is 4.79 Å². The third-order valence-corrected chi connectivity index (χ3v) is 6.10. The topological polar surface area (TPSA) is 67.8 Å². The zero-order valence-electron chi connectivity index (χ0n) is 19.1. The Morgan fingerprint density at radius 1 is 1.03 bits per heavy atom. The molecule has 3 aromatic rings. The summed E-state index contributed by atoms with van der Waals surface area (Å²) in [5, 5.41) is 0.895. The summed E-state index contributed by atoms with van der Waals surface area (Å²) in [6, 6.07) is 14.8. The molecule has 1 aliphatic rings. The second kappa shape index (κ2) is 10.9. The third-order valence-electron chi connectivity index (χ3n) is 5.57. The minimum atomic E-state index is -0.657. The Balaban J connectivity index is 1.36. The first-order valence-electron chi connectivity index (χ1n) is 11.2. The molecule has 1 amide bonds. The summed E-state index contributed by atoms with van der Waals surface area (Å²) in [4.78, 5) is 25.7. The number of carbonyl (C=O) groups excluding carboxylic acids is 1. The van der Waals surface area contributed by atoms with Crippen LogP contribution >= 0.6 is 23.2 Å². The monoisotopic (exact) mass is 500 g/mol. The highest BCUT2D eigenvalue weighted by atomic mass is 35.5. The van der Waals surface area contributed by atoms with Crippen LogP contribution in [0.4, 0.5) is 5.82 Å². The number of carbonyl (C=O) groups is 1. The summed E-state index contributed by atoms with van der Waals surface area (Å²) >= 11 is 12.1. The number of ether oxygens (including phenoxy) is 2. The van der Waals surface area contributed by atoms with Crippen molar-refractivity contribution in [2.24, 2.45) is 0 Å². The first-order valence-corrected chi connectivity index (χ1v) is 11.9. The van der Waals surface area contributed by atoms with Gasteiger partial charge < -0.3 is 19.3 Å². The molecule has 0 spiro atoms. The molecule has 0 N–H and O–H groups in total. The molecule has 7 nitrogen and oxygen atoms in total. The Morgan fingerprint density at radius 2 is 1.76 bits per heavy atom. The van der Waals surface area contributed by atoms with Gasteiger partial charge >= 0.3 is 0 Å². The van der Waals surface area contributed by atoms with Gasteiger partial charge in [-0.25, -0.2) is 9.97 Å². The van der Waals surface area contributed by atoms with E-state index in [2.05, 4.69) is 14.9 Å². The number of benzene rings is 2. The van der Waals surface area contributed by atoms with Crippen LogP contribution in [0.15, 0.2) is 54.9 Å². The Labute approximate surface area is 209 Å². The van der Waals surface area contributed by atoms with Crippen LogP contribution < -0.4 is 14.4 Å². The summed E-state index contributed by atoms with van der Waals surface area (Å²) < 4.78 is 11.3. The molecule has 1 fully saturated rings. The van der Waals surface area contributed by atoms with Crippen LogP contribution in [0.2, 0.25) is 10.0 Å². The van der Waals surface area contributed by atoms with Crippen LogP contribution in [0.25, 0.3) is 11.3 Å². The van der Waals surface area contributed by atoms with Gasteiger partial charge in [-0.05, 0) is 56.3 Å². The lowest BCUT2D eigenvalue weighted by Crippen LogP contribution is -2.52. The summed E-state index contributed by atoms with van der Waals surface area (Å²) in [7, 11) is 0. The first kappa shape index (κ1) is 24.1. The molecule has 0 bridgehead atoms. The molecule has 9 heteroatoms. The van der Waals surface area contributed by atoms with E-state index in [0.29, 0.717) is 48.6 Å². The van der Waals surface area contributed by atoms with Crippen molar-refractivity contribution < 1.29 is 14.3 Å². The quantitative estimate of drug-likeness (QED) is 0.456. The van der Waals surface area contributed by atoms with Crippen LogP contribution in [0.5, 0.6) is 11.5 Å². The number of rotatable bonds is 7. The SMILES string of the molecule is CCOc1ccc(-c2cc(N3CCN(C(=O)C(C)Oc4ccc(Cl)cc4Cl)CC3)ncn2)cc1. The zero-order chi connectivity index (χ0) is 24.1. The van der Waals surface area contributed by atoms with Crippen molar-refractivity contribution in [1.29, 1.82) is 0 Å². The molecule has 2 aromatic carbocycles. The maximum absolute atomic E-state index is 12.9. The molecule has 0 saturated carbocycles. The number of piperazine rings is 1. The molecule has 4 rings (SSSR count). The fourth-order valence-corrected chi connectivity index (χ4v) is 4.24. The van der Waals surface area contributed by atoms with E-state index in [-0.39, 0.29) is 5.91 Å². The molecular formula is C25H26Cl2N4O3. The van der Waals surface area contributed by atoms with Gasteiger partial charge in [-0.2, -0.15) is 0 Å². The van der Waals surface area contributed by atoms with Crippen molar-refractivity contribution in [2.45, 2.75) is 20.0 Å². The van der Waals surface area contributed by atoms with Crippen LogP contribution in [0.3, 0.4) is 0 Å². The van der Waals surface area contributed by atoms with Crippen LogP contribution in [0.1, 0.15) is 13.8 Å². The van der Waals surface area contributed by atoms with E-state index in [9.17, 15) is 4.79 Å². The van der Waals surface area contributed by atoms with E-state index in [4.69, 9.17) is 32.7 Å². The molecule has 34 heavy (non-hydrogen) atoms. The van der Waals surface area contributed by atoms with E-state index in [0.717, 1.165) is 22.8 Å². The fraction of sp³-hybridized carbons (Fsp3) is 0.320. The second-order valence-electron chi connectivity index (χ2n) is 7.87. The van der Waals surface area contributed by atoms with Crippen molar-refractivity contribution in [3.63, 3.8) is 0 Å². The Morgan fingerprint density at radius 3 is 2.44 bits per heavy atom. The standard InChI is InChI=1S/C25H26Cl2N4O3/c1-3-33-20-7-4-18(5-8-20)22-15-24(29-16-28-22)30-10-12-31(13-11-30)25(32)17(2)34-23-9-6-19(26)14-21(23)27/h4-9,14-17H,3,10-13H2,1-2H3. The molecule has 0 aliphatic carbocycles.